The number of amides is 1. The van der Waals surface area contributed by atoms with Crippen molar-refractivity contribution in [2.75, 3.05) is 13.2 Å². The van der Waals surface area contributed by atoms with Crippen LogP contribution in [0.15, 0.2) is 0 Å². The third kappa shape index (κ3) is 4.51. The zero-order valence-corrected chi connectivity index (χ0v) is 12.6. The maximum absolute atomic E-state index is 12.1. The lowest BCUT2D eigenvalue weighted by Gasteiger charge is -2.26. The van der Waals surface area contributed by atoms with Gasteiger partial charge in [-0.1, -0.05) is 34.1 Å². The molecule has 0 aromatic heterocycles. The summed E-state index contributed by atoms with van der Waals surface area (Å²) in [6, 6.07) is -0.395. The molecule has 0 bridgehead atoms. The average molecular weight is 269 g/mol. The Kier molecular flexibility index (Phi) is 6.32. The molecule has 1 amide bonds. The molecule has 110 valence electrons. The van der Waals surface area contributed by atoms with Crippen LogP contribution in [0.2, 0.25) is 0 Å². The molecule has 19 heavy (non-hydrogen) atoms. The van der Waals surface area contributed by atoms with Crippen molar-refractivity contribution in [3.63, 3.8) is 0 Å². The molecular formula is C15H27NO3. The number of carbonyl (C=O) groups is 2. The second kappa shape index (κ2) is 7.51. The van der Waals surface area contributed by atoms with Gasteiger partial charge in [0.05, 0.1) is 6.61 Å². The van der Waals surface area contributed by atoms with Crippen molar-refractivity contribution in [2.24, 2.45) is 11.8 Å². The van der Waals surface area contributed by atoms with Crippen LogP contribution in [0.3, 0.4) is 0 Å². The topological polar surface area (TPSA) is 46.6 Å². The van der Waals surface area contributed by atoms with E-state index >= 15 is 0 Å². The maximum Gasteiger partial charge on any atom is 0.328 e. The molecule has 0 spiro atoms. The highest BCUT2D eigenvalue weighted by Gasteiger charge is 2.37. The van der Waals surface area contributed by atoms with E-state index in [1.807, 2.05) is 20.8 Å². The van der Waals surface area contributed by atoms with Gasteiger partial charge in [0.1, 0.15) is 6.04 Å². The van der Waals surface area contributed by atoms with E-state index in [0.717, 1.165) is 12.8 Å². The van der Waals surface area contributed by atoms with Crippen molar-refractivity contribution < 1.29 is 14.3 Å². The second-order valence-electron chi connectivity index (χ2n) is 5.85. The molecule has 1 saturated heterocycles. The molecule has 1 aliphatic rings. The van der Waals surface area contributed by atoms with Gasteiger partial charge in [0.15, 0.2) is 0 Å². The molecule has 1 heterocycles. The molecule has 0 aromatic rings. The summed E-state index contributed by atoms with van der Waals surface area (Å²) in [5.74, 6) is 0.585. The summed E-state index contributed by atoms with van der Waals surface area (Å²) < 4.78 is 5.28. The van der Waals surface area contributed by atoms with Crippen molar-refractivity contribution in [3.8, 4) is 0 Å². The molecule has 0 aliphatic carbocycles. The molecule has 1 fully saturated rings. The van der Waals surface area contributed by atoms with E-state index in [0.29, 0.717) is 37.8 Å². The molecule has 0 aromatic carbocycles. The summed E-state index contributed by atoms with van der Waals surface area (Å²) in [5, 5.41) is 0. The number of hydrogen-bond acceptors (Lipinski definition) is 3. The fourth-order valence-electron chi connectivity index (χ4n) is 2.57. The molecule has 0 radical (unpaired) electrons. The van der Waals surface area contributed by atoms with Crippen LogP contribution in [0, 0.1) is 11.8 Å². The lowest BCUT2D eigenvalue weighted by atomic mass is 10.0. The Morgan fingerprint density at radius 3 is 2.63 bits per heavy atom. The van der Waals surface area contributed by atoms with Gasteiger partial charge >= 0.3 is 5.97 Å². The Hall–Kier alpha value is -1.06. The fraction of sp³-hybridized carbons (Fsp3) is 0.867. The highest BCUT2D eigenvalue weighted by molar-refractivity contribution is 5.86. The van der Waals surface area contributed by atoms with Gasteiger partial charge in [-0.25, -0.2) is 4.79 Å². The Balaban J connectivity index is 2.59. The number of nitrogens with zero attached hydrogens (tertiary/aromatic N) is 1. The number of ether oxygens (including phenoxy) is 1. The van der Waals surface area contributed by atoms with Crippen LogP contribution >= 0.6 is 0 Å². The van der Waals surface area contributed by atoms with Crippen LogP contribution < -0.4 is 0 Å². The quantitative estimate of drug-likeness (QED) is 0.667. The van der Waals surface area contributed by atoms with Gasteiger partial charge in [-0.05, 0) is 24.7 Å². The number of hydrogen-bond donors (Lipinski definition) is 0. The SMILES string of the molecule is CCC[C@@H]1CC(=O)N([C@@H](CC)C(=O)OCC(C)C)C1. The van der Waals surface area contributed by atoms with Crippen LogP contribution in [0.5, 0.6) is 0 Å². The Labute approximate surface area is 116 Å². The summed E-state index contributed by atoms with van der Waals surface area (Å²) in [6.45, 7) is 9.21. The average Bonchev–Trinajstić information content (AvgIpc) is 2.69. The van der Waals surface area contributed by atoms with Crippen molar-refractivity contribution in [1.82, 2.24) is 4.90 Å². The Morgan fingerprint density at radius 1 is 1.42 bits per heavy atom. The number of rotatable bonds is 7. The predicted molar refractivity (Wildman–Crippen MR) is 74.6 cm³/mol. The van der Waals surface area contributed by atoms with Gasteiger partial charge in [0.25, 0.3) is 0 Å². The zero-order valence-electron chi connectivity index (χ0n) is 12.6. The summed E-state index contributed by atoms with van der Waals surface area (Å²) in [4.78, 5) is 25.8. The van der Waals surface area contributed by atoms with Crippen LogP contribution in [-0.4, -0.2) is 36.0 Å². The molecule has 4 heteroatoms. The van der Waals surface area contributed by atoms with E-state index in [9.17, 15) is 9.59 Å². The van der Waals surface area contributed by atoms with E-state index in [1.165, 1.54) is 0 Å². The second-order valence-corrected chi connectivity index (χ2v) is 5.85. The minimum Gasteiger partial charge on any atom is -0.464 e. The summed E-state index contributed by atoms with van der Waals surface area (Å²) in [7, 11) is 0. The molecular weight excluding hydrogens is 242 g/mol. The van der Waals surface area contributed by atoms with E-state index in [-0.39, 0.29) is 11.9 Å². The summed E-state index contributed by atoms with van der Waals surface area (Å²) in [6.07, 6.45) is 3.35. The van der Waals surface area contributed by atoms with E-state index < -0.39 is 6.04 Å². The van der Waals surface area contributed by atoms with Crippen molar-refractivity contribution in [3.05, 3.63) is 0 Å². The van der Waals surface area contributed by atoms with E-state index in [2.05, 4.69) is 6.92 Å². The number of likely N-dealkylation sites (tertiary alicyclic amines) is 1. The van der Waals surface area contributed by atoms with Gasteiger partial charge in [0.2, 0.25) is 5.91 Å². The highest BCUT2D eigenvalue weighted by atomic mass is 16.5. The van der Waals surface area contributed by atoms with Crippen LogP contribution in [0.4, 0.5) is 0 Å². The van der Waals surface area contributed by atoms with Gasteiger partial charge in [0, 0.05) is 13.0 Å². The van der Waals surface area contributed by atoms with Crippen molar-refractivity contribution >= 4 is 11.9 Å². The first-order valence-electron chi connectivity index (χ1n) is 7.45. The predicted octanol–water partition coefficient (Wildman–Crippen LogP) is 2.61. The maximum atomic E-state index is 12.1. The molecule has 0 N–H and O–H groups in total. The first-order valence-corrected chi connectivity index (χ1v) is 7.45. The molecule has 0 unspecified atom stereocenters. The van der Waals surface area contributed by atoms with Crippen LogP contribution in [0.25, 0.3) is 0 Å². The summed E-state index contributed by atoms with van der Waals surface area (Å²) >= 11 is 0. The minimum atomic E-state index is -0.395. The van der Waals surface area contributed by atoms with Crippen LogP contribution in [0.1, 0.15) is 53.4 Å². The standard InChI is InChI=1S/C15H27NO3/c1-5-7-12-8-14(17)16(9-12)13(6-2)15(18)19-10-11(3)4/h11-13H,5-10H2,1-4H3/t12-,13+/m1/s1. The molecule has 1 rings (SSSR count). The monoisotopic (exact) mass is 269 g/mol. The lowest BCUT2D eigenvalue weighted by Crippen LogP contribution is -2.43. The smallest absolute Gasteiger partial charge is 0.328 e. The number of esters is 1. The first kappa shape index (κ1) is 16.0. The highest BCUT2D eigenvalue weighted by Crippen LogP contribution is 2.25. The van der Waals surface area contributed by atoms with Gasteiger partial charge in [-0.3, -0.25) is 4.79 Å². The molecule has 0 saturated carbocycles. The van der Waals surface area contributed by atoms with E-state index in [4.69, 9.17) is 4.74 Å². The first-order chi connectivity index (χ1) is 8.99. The Morgan fingerprint density at radius 2 is 2.11 bits per heavy atom. The van der Waals surface area contributed by atoms with E-state index in [1.54, 1.807) is 4.90 Å². The normalized spacial score (nSPS) is 21.0. The third-order valence-corrected chi connectivity index (χ3v) is 3.53. The Bertz CT molecular complexity index is 315. The van der Waals surface area contributed by atoms with Crippen molar-refractivity contribution in [2.45, 2.75) is 59.4 Å². The molecule has 2 atom stereocenters. The largest absolute Gasteiger partial charge is 0.464 e. The fourth-order valence-corrected chi connectivity index (χ4v) is 2.57. The molecule has 1 aliphatic heterocycles. The van der Waals surface area contributed by atoms with Gasteiger partial charge in [-0.2, -0.15) is 0 Å². The van der Waals surface area contributed by atoms with Crippen LogP contribution in [-0.2, 0) is 14.3 Å². The van der Waals surface area contributed by atoms with Crippen molar-refractivity contribution in [1.29, 1.82) is 0 Å². The summed E-state index contributed by atoms with van der Waals surface area (Å²) in [5.41, 5.74) is 0. The third-order valence-electron chi connectivity index (χ3n) is 3.53. The zero-order chi connectivity index (χ0) is 14.4. The number of carbonyl (C=O) groups excluding carboxylic acids is 2. The van der Waals surface area contributed by atoms with Gasteiger partial charge < -0.3 is 9.64 Å². The lowest BCUT2D eigenvalue weighted by molar-refractivity contribution is -0.154. The molecule has 4 nitrogen and oxygen atoms in total. The van der Waals surface area contributed by atoms with Gasteiger partial charge in [-0.15, -0.1) is 0 Å². The minimum absolute atomic E-state index is 0.104.